The number of carbonyl (C=O) groups excluding carboxylic acids is 2. The highest BCUT2D eigenvalue weighted by molar-refractivity contribution is 7.80. The van der Waals surface area contributed by atoms with Crippen molar-refractivity contribution in [2.24, 2.45) is 5.41 Å². The van der Waals surface area contributed by atoms with Gasteiger partial charge in [-0.2, -0.15) is 0 Å². The predicted octanol–water partition coefficient (Wildman–Crippen LogP) is 1.83. The maximum atomic E-state index is 11.8. The molecule has 0 unspecified atom stereocenters. The molecule has 0 atom stereocenters. The fourth-order valence-electron chi connectivity index (χ4n) is 1.43. The molecular formula is C15H21N3O2S. The molecule has 6 heteroatoms. The Bertz CT molecular complexity index is 533. The predicted molar refractivity (Wildman–Crippen MR) is 88.0 cm³/mol. The number of carbonyl (C=O) groups is 2. The van der Waals surface area contributed by atoms with Gasteiger partial charge in [0.05, 0.1) is 6.42 Å². The molecule has 0 radical (unpaired) electrons. The minimum absolute atomic E-state index is 0.0383. The molecule has 5 nitrogen and oxygen atoms in total. The summed E-state index contributed by atoms with van der Waals surface area (Å²) >= 11 is 5.10. The molecule has 1 aromatic rings. The number of nitrogens with one attached hydrogen (secondary N) is 3. The van der Waals surface area contributed by atoms with Crippen molar-refractivity contribution in [3.8, 4) is 0 Å². The highest BCUT2D eigenvalue weighted by Gasteiger charge is 2.21. The van der Waals surface area contributed by atoms with E-state index in [2.05, 4.69) is 16.0 Å². The largest absolute Gasteiger partial charge is 0.359 e. The molecule has 0 bridgehead atoms. The maximum absolute atomic E-state index is 11.8. The van der Waals surface area contributed by atoms with Crippen molar-refractivity contribution in [3.63, 3.8) is 0 Å². The lowest BCUT2D eigenvalue weighted by Crippen LogP contribution is -2.41. The molecule has 0 saturated heterocycles. The van der Waals surface area contributed by atoms with Gasteiger partial charge in [-0.25, -0.2) is 0 Å². The first-order chi connectivity index (χ1) is 9.72. The van der Waals surface area contributed by atoms with Gasteiger partial charge in [-0.1, -0.05) is 32.9 Å². The summed E-state index contributed by atoms with van der Waals surface area (Å²) in [5, 5.41) is 8.41. The zero-order chi connectivity index (χ0) is 16.0. The summed E-state index contributed by atoms with van der Waals surface area (Å²) in [5.41, 5.74) is 1.17. The Balaban J connectivity index is 2.58. The Hall–Kier alpha value is -1.95. The van der Waals surface area contributed by atoms with Crippen LogP contribution in [0.5, 0.6) is 0 Å². The van der Waals surface area contributed by atoms with Gasteiger partial charge in [0.25, 0.3) is 0 Å². The number of anilines is 1. The van der Waals surface area contributed by atoms with Crippen LogP contribution in [-0.4, -0.2) is 24.0 Å². The summed E-state index contributed by atoms with van der Waals surface area (Å²) in [6.07, 6.45) is 0.335. The summed E-state index contributed by atoms with van der Waals surface area (Å²) in [7, 11) is 1.61. The number of rotatable bonds is 3. The number of hydrogen-bond donors (Lipinski definition) is 3. The molecule has 2 amide bonds. The lowest BCUT2D eigenvalue weighted by atomic mass is 9.96. The Kier molecular flexibility index (Phi) is 5.84. The highest BCUT2D eigenvalue weighted by atomic mass is 32.1. The lowest BCUT2D eigenvalue weighted by Gasteiger charge is -2.18. The van der Waals surface area contributed by atoms with Gasteiger partial charge in [-0.15, -0.1) is 0 Å². The molecule has 0 aliphatic rings. The van der Waals surface area contributed by atoms with Crippen LogP contribution in [0.2, 0.25) is 0 Å². The van der Waals surface area contributed by atoms with Crippen LogP contribution in [-0.2, 0) is 16.0 Å². The molecule has 0 aliphatic heterocycles. The maximum Gasteiger partial charge on any atom is 0.231 e. The van der Waals surface area contributed by atoms with E-state index in [0.717, 1.165) is 11.3 Å². The standard InChI is InChI=1S/C15H21N3O2S/c1-15(2,3)13(20)18-14(21)17-11-7-5-10(6-8-11)9-12(19)16-4/h5-8H,9H2,1-4H3,(H,16,19)(H2,17,18,20,21). The fraction of sp³-hybridized carbons (Fsp3) is 0.400. The van der Waals surface area contributed by atoms with E-state index in [-0.39, 0.29) is 16.9 Å². The van der Waals surface area contributed by atoms with Gasteiger partial charge < -0.3 is 16.0 Å². The molecule has 0 aliphatic carbocycles. The molecule has 0 spiro atoms. The van der Waals surface area contributed by atoms with Crippen LogP contribution in [0.15, 0.2) is 24.3 Å². The van der Waals surface area contributed by atoms with Crippen LogP contribution in [0.4, 0.5) is 5.69 Å². The summed E-state index contributed by atoms with van der Waals surface area (Å²) in [4.78, 5) is 23.1. The average molecular weight is 307 g/mol. The fourth-order valence-corrected chi connectivity index (χ4v) is 1.64. The van der Waals surface area contributed by atoms with Crippen molar-refractivity contribution in [2.75, 3.05) is 12.4 Å². The zero-order valence-electron chi connectivity index (χ0n) is 12.7. The number of hydrogen-bond acceptors (Lipinski definition) is 3. The first-order valence-corrected chi connectivity index (χ1v) is 7.05. The summed E-state index contributed by atoms with van der Waals surface area (Å²) in [6.45, 7) is 5.45. The summed E-state index contributed by atoms with van der Waals surface area (Å²) in [5.74, 6) is -0.181. The first kappa shape index (κ1) is 17.1. The van der Waals surface area contributed by atoms with Crippen molar-refractivity contribution < 1.29 is 9.59 Å². The van der Waals surface area contributed by atoms with Crippen LogP contribution in [0.1, 0.15) is 26.3 Å². The minimum atomic E-state index is -0.497. The van der Waals surface area contributed by atoms with Crippen LogP contribution in [0.3, 0.4) is 0 Å². The number of thiocarbonyl (C=S) groups is 1. The normalized spacial score (nSPS) is 10.7. The third-order valence-electron chi connectivity index (χ3n) is 2.76. The molecule has 0 heterocycles. The molecule has 3 N–H and O–H groups in total. The third-order valence-corrected chi connectivity index (χ3v) is 2.97. The Morgan fingerprint density at radius 1 is 1.14 bits per heavy atom. The summed E-state index contributed by atoms with van der Waals surface area (Å²) in [6, 6.07) is 7.30. The van der Waals surface area contributed by atoms with E-state index in [1.807, 2.05) is 45.0 Å². The Labute approximate surface area is 130 Å². The second kappa shape index (κ2) is 7.17. The number of amides is 2. The second-order valence-corrected chi connectivity index (χ2v) is 6.11. The van der Waals surface area contributed by atoms with Gasteiger partial charge in [0, 0.05) is 18.2 Å². The van der Waals surface area contributed by atoms with E-state index in [0.29, 0.717) is 6.42 Å². The van der Waals surface area contributed by atoms with Crippen molar-refractivity contribution in [3.05, 3.63) is 29.8 Å². The Morgan fingerprint density at radius 2 is 1.71 bits per heavy atom. The molecular weight excluding hydrogens is 286 g/mol. The Morgan fingerprint density at radius 3 is 2.19 bits per heavy atom. The van der Waals surface area contributed by atoms with Crippen LogP contribution in [0.25, 0.3) is 0 Å². The van der Waals surface area contributed by atoms with Crippen molar-refractivity contribution in [1.29, 1.82) is 0 Å². The van der Waals surface area contributed by atoms with E-state index >= 15 is 0 Å². The molecule has 1 rings (SSSR count). The zero-order valence-corrected chi connectivity index (χ0v) is 13.6. The SMILES string of the molecule is CNC(=O)Cc1ccc(NC(=S)NC(=O)C(C)(C)C)cc1. The van der Waals surface area contributed by atoms with Gasteiger partial charge in [-0.05, 0) is 29.9 Å². The molecule has 0 saturated carbocycles. The van der Waals surface area contributed by atoms with E-state index < -0.39 is 5.41 Å². The van der Waals surface area contributed by atoms with Crippen molar-refractivity contribution in [2.45, 2.75) is 27.2 Å². The number of benzene rings is 1. The second-order valence-electron chi connectivity index (χ2n) is 5.71. The van der Waals surface area contributed by atoms with E-state index in [9.17, 15) is 9.59 Å². The van der Waals surface area contributed by atoms with Gasteiger partial charge >= 0.3 is 0 Å². The smallest absolute Gasteiger partial charge is 0.231 e. The quantitative estimate of drug-likeness (QED) is 0.745. The number of likely N-dealkylation sites (N-methyl/N-ethyl adjacent to an activating group) is 1. The van der Waals surface area contributed by atoms with Gasteiger partial charge in [-0.3, -0.25) is 9.59 Å². The van der Waals surface area contributed by atoms with E-state index in [1.54, 1.807) is 7.05 Å². The van der Waals surface area contributed by atoms with Crippen LogP contribution in [0, 0.1) is 5.41 Å². The van der Waals surface area contributed by atoms with Crippen molar-refractivity contribution in [1.82, 2.24) is 10.6 Å². The monoisotopic (exact) mass is 307 g/mol. The van der Waals surface area contributed by atoms with Crippen molar-refractivity contribution >= 4 is 34.8 Å². The van der Waals surface area contributed by atoms with E-state index in [4.69, 9.17) is 12.2 Å². The average Bonchev–Trinajstić information content (AvgIpc) is 2.39. The third kappa shape index (κ3) is 5.91. The lowest BCUT2D eigenvalue weighted by molar-refractivity contribution is -0.127. The minimum Gasteiger partial charge on any atom is -0.359 e. The summed E-state index contributed by atoms with van der Waals surface area (Å²) < 4.78 is 0. The highest BCUT2D eigenvalue weighted by Crippen LogP contribution is 2.13. The topological polar surface area (TPSA) is 70.2 Å². The molecule has 21 heavy (non-hydrogen) atoms. The van der Waals surface area contributed by atoms with Gasteiger partial charge in [0.15, 0.2) is 5.11 Å². The molecule has 114 valence electrons. The first-order valence-electron chi connectivity index (χ1n) is 6.64. The van der Waals surface area contributed by atoms with Gasteiger partial charge in [0.2, 0.25) is 11.8 Å². The van der Waals surface area contributed by atoms with Gasteiger partial charge in [0.1, 0.15) is 0 Å². The molecule has 0 aromatic heterocycles. The van der Waals surface area contributed by atoms with Crippen LogP contribution >= 0.6 is 12.2 Å². The van der Waals surface area contributed by atoms with E-state index in [1.165, 1.54) is 0 Å². The van der Waals surface area contributed by atoms with Crippen LogP contribution < -0.4 is 16.0 Å². The molecule has 1 aromatic carbocycles. The molecule has 0 fully saturated rings.